The first-order valence-electron chi connectivity index (χ1n) is 6.17. The fraction of sp³-hybridized carbons (Fsp3) is 0.0667. The highest BCUT2D eigenvalue weighted by molar-refractivity contribution is 6.29. The Labute approximate surface area is 124 Å². The van der Waals surface area contributed by atoms with E-state index in [2.05, 4.69) is 4.98 Å². The third-order valence-electron chi connectivity index (χ3n) is 2.94. The first-order valence-corrected chi connectivity index (χ1v) is 6.54. The molecule has 0 fully saturated rings. The number of halogens is 1. The number of benzene rings is 1. The van der Waals surface area contributed by atoms with E-state index in [1.807, 2.05) is 13.0 Å². The van der Waals surface area contributed by atoms with Crippen LogP contribution >= 0.6 is 11.6 Å². The predicted octanol–water partition coefficient (Wildman–Crippen LogP) is 3.52. The van der Waals surface area contributed by atoms with Gasteiger partial charge in [-0.2, -0.15) is 0 Å². The van der Waals surface area contributed by atoms with E-state index in [0.717, 1.165) is 10.9 Å². The Morgan fingerprint density at radius 3 is 2.81 bits per heavy atom. The van der Waals surface area contributed by atoms with Gasteiger partial charge in [-0.1, -0.05) is 11.6 Å². The number of pyridine rings is 1. The van der Waals surface area contributed by atoms with Crippen LogP contribution in [0.1, 0.15) is 5.56 Å². The molecule has 0 bridgehead atoms. The Morgan fingerprint density at radius 2 is 2.05 bits per heavy atom. The summed E-state index contributed by atoms with van der Waals surface area (Å²) in [7, 11) is 0. The number of rotatable bonds is 2. The number of aromatic nitrogens is 1. The Hall–Kier alpha value is -2.53. The molecule has 0 saturated carbocycles. The van der Waals surface area contributed by atoms with E-state index in [-0.39, 0.29) is 11.0 Å². The zero-order valence-electron chi connectivity index (χ0n) is 11.1. The average Bonchev–Trinajstić information content (AvgIpc) is 2.36. The van der Waals surface area contributed by atoms with Gasteiger partial charge in [0, 0.05) is 29.3 Å². The average molecular weight is 303 g/mol. The van der Waals surface area contributed by atoms with Gasteiger partial charge >= 0.3 is 5.63 Å². The van der Waals surface area contributed by atoms with Crippen LogP contribution < -0.4 is 16.1 Å². The Bertz CT molecular complexity index is 869. The van der Waals surface area contributed by atoms with Crippen molar-refractivity contribution in [3.05, 3.63) is 57.5 Å². The summed E-state index contributed by atoms with van der Waals surface area (Å²) in [5.41, 5.74) is 7.03. The molecule has 3 aromatic rings. The molecule has 106 valence electrons. The van der Waals surface area contributed by atoms with Crippen LogP contribution in [-0.2, 0) is 0 Å². The van der Waals surface area contributed by atoms with E-state index in [1.54, 1.807) is 18.2 Å². The lowest BCUT2D eigenvalue weighted by Crippen LogP contribution is -1.98. The lowest BCUT2D eigenvalue weighted by molar-refractivity contribution is 0.462. The van der Waals surface area contributed by atoms with Gasteiger partial charge in [-0.05, 0) is 30.7 Å². The van der Waals surface area contributed by atoms with Crippen molar-refractivity contribution in [1.29, 1.82) is 0 Å². The van der Waals surface area contributed by atoms with Crippen molar-refractivity contribution in [1.82, 2.24) is 4.98 Å². The zero-order chi connectivity index (χ0) is 15.0. The third-order valence-corrected chi connectivity index (χ3v) is 3.13. The van der Waals surface area contributed by atoms with Gasteiger partial charge in [0.25, 0.3) is 0 Å². The van der Waals surface area contributed by atoms with Crippen molar-refractivity contribution in [2.45, 2.75) is 6.92 Å². The zero-order valence-corrected chi connectivity index (χ0v) is 11.8. The van der Waals surface area contributed by atoms with Crippen molar-refractivity contribution < 1.29 is 9.15 Å². The quantitative estimate of drug-likeness (QED) is 0.579. The molecule has 0 saturated heterocycles. The van der Waals surface area contributed by atoms with E-state index in [0.29, 0.717) is 17.0 Å². The number of nitrogens with zero attached hydrogens (tertiary/aromatic N) is 1. The lowest BCUT2D eigenvalue weighted by atomic mass is 10.1. The van der Waals surface area contributed by atoms with E-state index in [9.17, 15) is 4.79 Å². The van der Waals surface area contributed by atoms with Crippen LogP contribution in [0, 0.1) is 6.92 Å². The first-order chi connectivity index (χ1) is 10.0. The van der Waals surface area contributed by atoms with Crippen LogP contribution in [0.5, 0.6) is 11.6 Å². The van der Waals surface area contributed by atoms with Crippen LogP contribution in [0.3, 0.4) is 0 Å². The highest BCUT2D eigenvalue weighted by Gasteiger charge is 2.06. The van der Waals surface area contributed by atoms with Crippen LogP contribution in [0.25, 0.3) is 11.0 Å². The summed E-state index contributed by atoms with van der Waals surface area (Å²) in [6, 6.07) is 9.73. The van der Waals surface area contributed by atoms with Gasteiger partial charge in [-0.15, -0.1) is 0 Å². The van der Waals surface area contributed by atoms with Crippen LogP contribution in [0.15, 0.2) is 45.6 Å². The van der Waals surface area contributed by atoms with Crippen molar-refractivity contribution in [2.24, 2.45) is 0 Å². The summed E-state index contributed by atoms with van der Waals surface area (Å²) in [4.78, 5) is 15.4. The summed E-state index contributed by atoms with van der Waals surface area (Å²) in [5.74, 6) is 0.750. The summed E-state index contributed by atoms with van der Waals surface area (Å²) >= 11 is 5.82. The molecule has 0 amide bonds. The molecule has 0 unspecified atom stereocenters. The maximum Gasteiger partial charge on any atom is 0.336 e. The first kappa shape index (κ1) is 13.5. The molecule has 2 N–H and O–H groups in total. The van der Waals surface area contributed by atoms with Crippen LogP contribution in [0.4, 0.5) is 5.69 Å². The SMILES string of the molecule is Cc1cc(=O)oc2cc(Oc3cc(N)cc(Cl)n3)ccc12. The number of anilines is 1. The minimum atomic E-state index is -0.401. The summed E-state index contributed by atoms with van der Waals surface area (Å²) in [6.45, 7) is 1.85. The van der Waals surface area contributed by atoms with Gasteiger partial charge in [0.2, 0.25) is 5.88 Å². The van der Waals surface area contributed by atoms with Crippen LogP contribution in [-0.4, -0.2) is 4.98 Å². The molecular weight excluding hydrogens is 292 g/mol. The third kappa shape index (κ3) is 2.83. The molecular formula is C15H11ClN2O3. The van der Waals surface area contributed by atoms with Gasteiger partial charge in [-0.25, -0.2) is 9.78 Å². The van der Waals surface area contributed by atoms with Crippen molar-refractivity contribution in [3.8, 4) is 11.6 Å². The fourth-order valence-electron chi connectivity index (χ4n) is 2.03. The minimum absolute atomic E-state index is 0.244. The number of aryl methyl sites for hydroxylation is 1. The molecule has 0 radical (unpaired) electrons. The van der Waals surface area contributed by atoms with E-state index < -0.39 is 5.63 Å². The maximum absolute atomic E-state index is 11.4. The largest absolute Gasteiger partial charge is 0.439 e. The van der Waals surface area contributed by atoms with E-state index in [4.69, 9.17) is 26.5 Å². The highest BCUT2D eigenvalue weighted by Crippen LogP contribution is 2.27. The maximum atomic E-state index is 11.4. The molecule has 0 aliphatic carbocycles. The Morgan fingerprint density at radius 1 is 1.24 bits per heavy atom. The molecule has 0 aliphatic rings. The molecule has 1 aromatic carbocycles. The summed E-state index contributed by atoms with van der Waals surface area (Å²) in [5, 5.41) is 1.09. The van der Waals surface area contributed by atoms with Crippen LogP contribution in [0.2, 0.25) is 5.15 Å². The molecule has 5 nitrogen and oxygen atoms in total. The fourth-order valence-corrected chi connectivity index (χ4v) is 2.24. The standard InChI is InChI=1S/C15H11ClN2O3/c1-8-4-15(19)21-12-7-10(2-3-11(8)12)20-14-6-9(17)5-13(16)18-14/h2-7H,1H3,(H2,17,18). The summed E-state index contributed by atoms with van der Waals surface area (Å²) in [6.07, 6.45) is 0. The smallest absolute Gasteiger partial charge is 0.336 e. The van der Waals surface area contributed by atoms with Gasteiger partial charge in [-0.3, -0.25) is 0 Å². The topological polar surface area (TPSA) is 78.3 Å². The lowest BCUT2D eigenvalue weighted by Gasteiger charge is -2.07. The molecule has 2 heterocycles. The second-order valence-electron chi connectivity index (χ2n) is 4.57. The van der Waals surface area contributed by atoms with Gasteiger partial charge in [0.15, 0.2) is 0 Å². The Kier molecular flexibility index (Phi) is 3.27. The van der Waals surface area contributed by atoms with E-state index >= 15 is 0 Å². The highest BCUT2D eigenvalue weighted by atomic mass is 35.5. The van der Waals surface area contributed by atoms with Gasteiger partial charge in [0.05, 0.1) is 0 Å². The number of nitrogens with two attached hydrogens (primary N) is 1. The molecule has 0 aliphatic heterocycles. The van der Waals surface area contributed by atoms with Crippen molar-refractivity contribution >= 4 is 28.3 Å². The molecule has 0 atom stereocenters. The normalized spacial score (nSPS) is 10.8. The second kappa shape index (κ2) is 5.10. The molecule has 0 spiro atoms. The van der Waals surface area contributed by atoms with Gasteiger partial charge in [0.1, 0.15) is 16.5 Å². The molecule has 3 rings (SSSR count). The second-order valence-corrected chi connectivity index (χ2v) is 4.96. The number of hydrogen-bond acceptors (Lipinski definition) is 5. The van der Waals surface area contributed by atoms with Gasteiger partial charge < -0.3 is 14.9 Å². The number of nitrogen functional groups attached to an aromatic ring is 1. The molecule has 6 heteroatoms. The molecule has 21 heavy (non-hydrogen) atoms. The predicted molar refractivity (Wildman–Crippen MR) is 81.0 cm³/mol. The van der Waals surface area contributed by atoms with E-state index in [1.165, 1.54) is 12.1 Å². The number of hydrogen-bond donors (Lipinski definition) is 1. The Balaban J connectivity index is 2.03. The minimum Gasteiger partial charge on any atom is -0.439 e. The van der Waals surface area contributed by atoms with Crippen molar-refractivity contribution in [3.63, 3.8) is 0 Å². The number of ether oxygens (including phenoxy) is 1. The molecule has 2 aromatic heterocycles. The number of fused-ring (bicyclic) bond motifs is 1. The monoisotopic (exact) mass is 302 g/mol. The summed E-state index contributed by atoms with van der Waals surface area (Å²) < 4.78 is 10.8. The van der Waals surface area contributed by atoms with Crippen molar-refractivity contribution in [2.75, 3.05) is 5.73 Å².